The molecule has 0 saturated heterocycles. The summed E-state index contributed by atoms with van der Waals surface area (Å²) < 4.78 is 15.5. The van der Waals surface area contributed by atoms with Gasteiger partial charge < -0.3 is 18.4 Å². The van der Waals surface area contributed by atoms with E-state index < -0.39 is 7.95 Å². The molecule has 0 bridgehead atoms. The molecule has 0 aromatic rings. The van der Waals surface area contributed by atoms with Crippen LogP contribution in [-0.2, 0) is 13.3 Å². The molecular weight excluding hydrogens is 196 g/mol. The fourth-order valence-electron chi connectivity index (χ4n) is 0.688. The minimum Gasteiger partial charge on any atom is -0.396 e. The van der Waals surface area contributed by atoms with Gasteiger partial charge >= 0.3 is 7.95 Å². The summed E-state index contributed by atoms with van der Waals surface area (Å²) in [6.07, 6.45) is 0.732. The molecule has 0 atom stereocenters. The maximum atomic E-state index is 8.56. The molecule has 0 rings (SSSR count). The van der Waals surface area contributed by atoms with E-state index >= 15 is 0 Å². The van der Waals surface area contributed by atoms with Gasteiger partial charge in [-0.1, -0.05) is 11.2 Å². The zero-order valence-corrected chi connectivity index (χ0v) is 9.52. The molecule has 12 heavy (non-hydrogen) atoms. The van der Waals surface area contributed by atoms with Gasteiger partial charge in [0.05, 0.1) is 0 Å². The summed E-state index contributed by atoms with van der Waals surface area (Å²) in [5.41, 5.74) is 0. The van der Waals surface area contributed by atoms with E-state index in [9.17, 15) is 0 Å². The van der Waals surface area contributed by atoms with Crippen LogP contribution < -0.4 is 0 Å². The third-order valence-corrected chi connectivity index (χ3v) is 6.85. The van der Waals surface area contributed by atoms with Crippen molar-refractivity contribution in [2.24, 2.45) is 0 Å². The molecule has 0 aromatic heterocycles. The van der Waals surface area contributed by atoms with E-state index in [1.807, 2.05) is 0 Å². The normalized spacial score (nSPS) is 12.0. The Balaban J connectivity index is 3.76. The third kappa shape index (κ3) is 3.88. The van der Waals surface area contributed by atoms with Gasteiger partial charge in [0.1, 0.15) is 0 Å². The van der Waals surface area contributed by atoms with Crippen LogP contribution in [0.15, 0.2) is 0 Å². The number of hydrogen-bond acceptors (Lipinski definition) is 5. The Morgan fingerprint density at radius 3 is 2.00 bits per heavy atom. The summed E-state index contributed by atoms with van der Waals surface area (Å²) in [4.78, 5) is 0. The van der Waals surface area contributed by atoms with Crippen LogP contribution in [0.25, 0.3) is 0 Å². The molecule has 0 aromatic carbocycles. The first-order chi connectivity index (χ1) is 5.74. The Bertz CT molecular complexity index is 101. The fourth-order valence-corrected chi connectivity index (χ4v) is 4.31. The van der Waals surface area contributed by atoms with Gasteiger partial charge in [0, 0.05) is 27.9 Å². The molecule has 0 radical (unpaired) electrons. The van der Waals surface area contributed by atoms with Gasteiger partial charge in [-0.15, -0.1) is 0 Å². The molecule has 0 fully saturated rings. The first-order valence-electron chi connectivity index (χ1n) is 3.65. The summed E-state index contributed by atoms with van der Waals surface area (Å²) in [7, 11) is 2.27. The Kier molecular flexibility index (Phi) is 7.11. The lowest BCUT2D eigenvalue weighted by Crippen LogP contribution is -2.39. The lowest BCUT2D eigenvalue weighted by atomic mass is 10.5. The van der Waals surface area contributed by atoms with Gasteiger partial charge in [-0.3, -0.25) is 0 Å². The number of rotatable bonds is 7. The van der Waals surface area contributed by atoms with Crippen LogP contribution >= 0.6 is 11.2 Å². The van der Waals surface area contributed by atoms with Gasteiger partial charge in [0.15, 0.2) is 0 Å². The summed E-state index contributed by atoms with van der Waals surface area (Å²) in [5, 5.41) is 8.56. The third-order valence-electron chi connectivity index (χ3n) is 1.33. The molecule has 0 spiro atoms. The molecule has 74 valence electrons. The van der Waals surface area contributed by atoms with Crippen molar-refractivity contribution in [3.05, 3.63) is 0 Å². The van der Waals surface area contributed by atoms with Crippen molar-refractivity contribution in [1.29, 1.82) is 0 Å². The van der Waals surface area contributed by atoms with Crippen LogP contribution in [0.5, 0.6) is 0 Å². The van der Waals surface area contributed by atoms with E-state index in [0.29, 0.717) is 0 Å². The van der Waals surface area contributed by atoms with Gasteiger partial charge in [0.25, 0.3) is 0 Å². The Hall–Kier alpha value is 0.407. The highest BCUT2D eigenvalue weighted by molar-refractivity contribution is 8.26. The summed E-state index contributed by atoms with van der Waals surface area (Å²) in [5.74, 6) is 0.790. The predicted molar refractivity (Wildman–Crippen MR) is 50.9 cm³/mol. The largest absolute Gasteiger partial charge is 0.572 e. The topological polar surface area (TPSA) is 47.9 Å². The quantitative estimate of drug-likeness (QED) is 0.491. The van der Waals surface area contributed by atoms with Gasteiger partial charge in [-0.2, -0.15) is 0 Å². The lowest BCUT2D eigenvalue weighted by Gasteiger charge is -2.22. The zero-order valence-electron chi connectivity index (χ0n) is 7.70. The van der Waals surface area contributed by atoms with Crippen LogP contribution in [-0.4, -0.2) is 46.7 Å². The average molecular weight is 212 g/mol. The molecule has 6 heteroatoms. The second-order valence-electron chi connectivity index (χ2n) is 2.04. The highest BCUT2D eigenvalue weighted by atomic mass is 32.4. The first kappa shape index (κ1) is 12.4. The maximum Gasteiger partial charge on any atom is 0.572 e. The van der Waals surface area contributed by atoms with Crippen molar-refractivity contribution < 1.29 is 18.4 Å². The Morgan fingerprint density at radius 2 is 1.67 bits per heavy atom. The van der Waals surface area contributed by atoms with Crippen molar-refractivity contribution in [2.45, 2.75) is 6.42 Å². The molecule has 0 amide bonds. The van der Waals surface area contributed by atoms with Gasteiger partial charge in [-0.25, -0.2) is 0 Å². The fraction of sp³-hybridized carbons (Fsp3) is 1.00. The van der Waals surface area contributed by atoms with E-state index in [1.54, 1.807) is 21.3 Å². The van der Waals surface area contributed by atoms with Crippen LogP contribution in [0.1, 0.15) is 6.42 Å². The van der Waals surface area contributed by atoms with E-state index in [-0.39, 0.29) is 6.61 Å². The molecule has 0 unspecified atom stereocenters. The van der Waals surface area contributed by atoms with Crippen LogP contribution in [0.4, 0.5) is 0 Å². The number of aliphatic hydroxyl groups is 1. The van der Waals surface area contributed by atoms with Crippen molar-refractivity contribution in [1.82, 2.24) is 0 Å². The van der Waals surface area contributed by atoms with Crippen molar-refractivity contribution >= 4 is 19.2 Å². The first-order valence-corrected chi connectivity index (χ1v) is 7.08. The van der Waals surface area contributed by atoms with Gasteiger partial charge in [-0.05, 0) is 12.2 Å². The second kappa shape index (κ2) is 6.87. The Morgan fingerprint density at radius 1 is 1.17 bits per heavy atom. The number of hydrogen-bond donors (Lipinski definition) is 1. The van der Waals surface area contributed by atoms with Gasteiger partial charge in [0.2, 0.25) is 0 Å². The van der Waals surface area contributed by atoms with E-state index in [2.05, 4.69) is 0 Å². The minimum absolute atomic E-state index is 0.189. The van der Waals surface area contributed by atoms with Crippen LogP contribution in [0.3, 0.4) is 0 Å². The van der Waals surface area contributed by atoms with Crippen molar-refractivity contribution in [3.63, 3.8) is 0 Å². The highest BCUT2D eigenvalue weighted by Gasteiger charge is 2.38. The van der Waals surface area contributed by atoms with E-state index in [1.165, 1.54) is 11.2 Å². The summed E-state index contributed by atoms with van der Waals surface area (Å²) in [6.45, 7) is 0.189. The van der Waals surface area contributed by atoms with E-state index in [4.69, 9.17) is 18.4 Å². The Labute approximate surface area is 78.2 Å². The second-order valence-corrected chi connectivity index (χ2v) is 7.33. The summed E-state index contributed by atoms with van der Waals surface area (Å²) in [6, 6.07) is 0. The molecule has 0 heterocycles. The smallest absolute Gasteiger partial charge is 0.396 e. The standard InChI is InChI=1S/C6H16O4SSi/c1-8-12(9-2,10-3)11-6-4-5-7/h7H,4-6H2,1-3H3. The molecule has 0 aliphatic carbocycles. The van der Waals surface area contributed by atoms with Crippen molar-refractivity contribution in [2.75, 3.05) is 33.7 Å². The molecule has 4 nitrogen and oxygen atoms in total. The van der Waals surface area contributed by atoms with Crippen LogP contribution in [0, 0.1) is 0 Å². The SMILES string of the molecule is CO[Si](OC)(OC)SCCCO. The molecule has 0 saturated carbocycles. The monoisotopic (exact) mass is 212 g/mol. The molecule has 1 N–H and O–H groups in total. The van der Waals surface area contributed by atoms with Crippen molar-refractivity contribution in [3.8, 4) is 0 Å². The zero-order chi connectivity index (χ0) is 9.45. The molecule has 0 aliphatic heterocycles. The lowest BCUT2D eigenvalue weighted by molar-refractivity contribution is 0.152. The highest BCUT2D eigenvalue weighted by Crippen LogP contribution is 2.22. The average Bonchev–Trinajstić information content (AvgIpc) is 2.14. The predicted octanol–water partition coefficient (Wildman–Crippen LogP) is 0.477. The summed E-state index contributed by atoms with van der Waals surface area (Å²) >= 11 is 1.51. The molecule has 0 aliphatic rings. The van der Waals surface area contributed by atoms with E-state index in [0.717, 1.165) is 12.2 Å². The number of aliphatic hydroxyl groups excluding tert-OH is 1. The maximum absolute atomic E-state index is 8.56. The van der Waals surface area contributed by atoms with Crippen LogP contribution in [0.2, 0.25) is 0 Å². The molecular formula is C6H16O4SSi. The minimum atomic E-state index is -2.45.